The van der Waals surface area contributed by atoms with Crippen molar-refractivity contribution in [3.8, 4) is 0 Å². The maximum atomic E-state index is 11.9. The Kier molecular flexibility index (Phi) is 4.06. The van der Waals surface area contributed by atoms with Gasteiger partial charge < -0.3 is 14.1 Å². The van der Waals surface area contributed by atoms with Crippen molar-refractivity contribution in [3.05, 3.63) is 45.3 Å². The molecule has 1 N–H and O–H groups in total. The van der Waals surface area contributed by atoms with Gasteiger partial charge in [-0.25, -0.2) is 4.79 Å². The molecule has 1 aromatic carbocycles. The number of aryl methyl sites for hydroxylation is 2. The van der Waals surface area contributed by atoms with Crippen LogP contribution in [0.25, 0.3) is 11.0 Å². The van der Waals surface area contributed by atoms with Crippen molar-refractivity contribution in [3.63, 3.8) is 0 Å². The zero-order chi connectivity index (χ0) is 15.9. The van der Waals surface area contributed by atoms with Crippen LogP contribution in [-0.4, -0.2) is 25.3 Å². The van der Waals surface area contributed by atoms with E-state index in [1.165, 1.54) is 4.90 Å². The Morgan fingerprint density at radius 3 is 2.55 bits per heavy atom. The van der Waals surface area contributed by atoms with E-state index < -0.39 is 0 Å². The third-order valence-corrected chi connectivity index (χ3v) is 4.57. The molecular weight excluding hydrogens is 278 g/mol. The molecule has 4 nitrogen and oxygen atoms in total. The molecule has 3 rings (SSSR count). The van der Waals surface area contributed by atoms with Crippen molar-refractivity contribution in [1.29, 1.82) is 0 Å². The van der Waals surface area contributed by atoms with E-state index in [1.807, 2.05) is 13.8 Å². The lowest BCUT2D eigenvalue weighted by molar-refractivity contribution is -0.928. The van der Waals surface area contributed by atoms with E-state index >= 15 is 0 Å². The molecule has 0 spiro atoms. The first-order valence-electron chi connectivity index (χ1n) is 7.96. The Hall–Kier alpha value is -1.65. The molecule has 3 atom stereocenters. The van der Waals surface area contributed by atoms with Gasteiger partial charge in [-0.15, -0.1) is 0 Å². The normalized spacial score (nSPS) is 25.5. The van der Waals surface area contributed by atoms with Gasteiger partial charge in [-0.2, -0.15) is 0 Å². The maximum Gasteiger partial charge on any atom is 0.336 e. The molecule has 1 saturated heterocycles. The highest BCUT2D eigenvalue weighted by Crippen LogP contribution is 2.22. The topological polar surface area (TPSA) is 43.9 Å². The van der Waals surface area contributed by atoms with Gasteiger partial charge in [-0.3, -0.25) is 0 Å². The molecule has 0 amide bonds. The van der Waals surface area contributed by atoms with E-state index in [0.717, 1.165) is 47.3 Å². The molecular formula is C18H24NO3+. The van der Waals surface area contributed by atoms with Crippen LogP contribution in [-0.2, 0) is 11.3 Å². The molecule has 1 aliphatic rings. The van der Waals surface area contributed by atoms with E-state index in [0.29, 0.717) is 0 Å². The summed E-state index contributed by atoms with van der Waals surface area (Å²) in [5.41, 5.74) is 3.75. The van der Waals surface area contributed by atoms with Crippen molar-refractivity contribution in [2.24, 2.45) is 0 Å². The Bertz CT molecular complexity index is 740. The van der Waals surface area contributed by atoms with Crippen LogP contribution in [0, 0.1) is 13.8 Å². The summed E-state index contributed by atoms with van der Waals surface area (Å²) in [6.45, 7) is 11.0. The first-order chi connectivity index (χ1) is 10.4. The van der Waals surface area contributed by atoms with Crippen molar-refractivity contribution < 1.29 is 14.1 Å². The predicted molar refractivity (Wildman–Crippen MR) is 86.4 cm³/mol. The molecule has 2 heterocycles. The lowest BCUT2D eigenvalue weighted by Crippen LogP contribution is -3.14. The molecule has 0 aliphatic carbocycles. The SMILES string of the molecule is Cc1ccc2c(C[NH+]3C[C@@H](C)O[C@@H](C)C3)cc(=O)oc2c1C. The van der Waals surface area contributed by atoms with Gasteiger partial charge in [0, 0.05) is 17.0 Å². The minimum Gasteiger partial charge on any atom is -0.422 e. The Morgan fingerprint density at radius 1 is 1.18 bits per heavy atom. The van der Waals surface area contributed by atoms with Gasteiger partial charge in [0.25, 0.3) is 0 Å². The highest BCUT2D eigenvalue weighted by atomic mass is 16.5. The van der Waals surface area contributed by atoms with E-state index in [2.05, 4.69) is 26.0 Å². The molecule has 118 valence electrons. The predicted octanol–water partition coefficient (Wildman–Crippen LogP) is 1.60. The third-order valence-electron chi connectivity index (χ3n) is 4.57. The van der Waals surface area contributed by atoms with Crippen LogP contribution in [0.4, 0.5) is 0 Å². The van der Waals surface area contributed by atoms with Crippen LogP contribution >= 0.6 is 0 Å². The minimum absolute atomic E-state index is 0.258. The number of benzene rings is 1. The quantitative estimate of drug-likeness (QED) is 0.857. The lowest BCUT2D eigenvalue weighted by Gasteiger charge is -2.32. The fraction of sp³-hybridized carbons (Fsp3) is 0.500. The number of nitrogens with one attached hydrogen (secondary N) is 1. The second kappa shape index (κ2) is 5.86. The largest absolute Gasteiger partial charge is 0.422 e. The minimum atomic E-state index is -0.259. The smallest absolute Gasteiger partial charge is 0.336 e. The number of ether oxygens (including phenoxy) is 1. The fourth-order valence-electron chi connectivity index (χ4n) is 3.47. The molecule has 2 aromatic rings. The third kappa shape index (κ3) is 2.94. The van der Waals surface area contributed by atoms with Crippen LogP contribution in [0.5, 0.6) is 0 Å². The number of rotatable bonds is 2. The Morgan fingerprint density at radius 2 is 1.86 bits per heavy atom. The summed E-state index contributed by atoms with van der Waals surface area (Å²) in [7, 11) is 0. The molecule has 1 aromatic heterocycles. The van der Waals surface area contributed by atoms with Crippen molar-refractivity contribution in [2.75, 3.05) is 13.1 Å². The molecule has 1 unspecified atom stereocenters. The molecule has 4 heteroatoms. The van der Waals surface area contributed by atoms with Gasteiger partial charge in [-0.05, 0) is 38.8 Å². The number of morpholine rings is 1. The Labute approximate surface area is 130 Å². The molecule has 1 fully saturated rings. The van der Waals surface area contributed by atoms with Gasteiger partial charge in [0.1, 0.15) is 37.4 Å². The van der Waals surface area contributed by atoms with Gasteiger partial charge in [0.2, 0.25) is 0 Å². The maximum absolute atomic E-state index is 11.9. The number of fused-ring (bicyclic) bond motifs is 1. The molecule has 0 saturated carbocycles. The standard InChI is InChI=1S/C18H23NO3/c1-11-5-6-16-15(7-17(20)22-18(16)14(11)4)10-19-8-12(2)21-13(3)9-19/h5-7,12-13H,8-10H2,1-4H3/p+1/t12-,13+. The van der Waals surface area contributed by atoms with Gasteiger partial charge in [-0.1, -0.05) is 12.1 Å². The van der Waals surface area contributed by atoms with E-state index in [1.54, 1.807) is 6.07 Å². The second-order valence-electron chi connectivity index (χ2n) is 6.57. The van der Waals surface area contributed by atoms with Crippen LogP contribution in [0.1, 0.15) is 30.5 Å². The molecule has 22 heavy (non-hydrogen) atoms. The van der Waals surface area contributed by atoms with Gasteiger partial charge >= 0.3 is 5.63 Å². The summed E-state index contributed by atoms with van der Waals surface area (Å²) in [5.74, 6) is 0. The zero-order valence-electron chi connectivity index (χ0n) is 13.7. The number of quaternary nitrogens is 1. The number of hydrogen-bond donors (Lipinski definition) is 1. The fourth-order valence-corrected chi connectivity index (χ4v) is 3.47. The van der Waals surface area contributed by atoms with Crippen LogP contribution < -0.4 is 10.5 Å². The second-order valence-corrected chi connectivity index (χ2v) is 6.57. The average Bonchev–Trinajstić information content (AvgIpc) is 2.42. The zero-order valence-corrected chi connectivity index (χ0v) is 13.7. The summed E-state index contributed by atoms with van der Waals surface area (Å²) in [6, 6.07) is 5.82. The highest BCUT2D eigenvalue weighted by Gasteiger charge is 2.26. The van der Waals surface area contributed by atoms with Crippen LogP contribution in [0.15, 0.2) is 27.4 Å². The van der Waals surface area contributed by atoms with Crippen molar-refractivity contribution >= 4 is 11.0 Å². The first-order valence-corrected chi connectivity index (χ1v) is 7.96. The van der Waals surface area contributed by atoms with E-state index in [4.69, 9.17) is 9.15 Å². The molecule has 0 bridgehead atoms. The summed E-state index contributed by atoms with van der Waals surface area (Å²) in [6.07, 6.45) is 0.517. The monoisotopic (exact) mass is 302 g/mol. The number of hydrogen-bond acceptors (Lipinski definition) is 3. The average molecular weight is 302 g/mol. The highest BCUT2D eigenvalue weighted by molar-refractivity contribution is 5.83. The summed E-state index contributed by atoms with van der Waals surface area (Å²) in [4.78, 5) is 13.4. The summed E-state index contributed by atoms with van der Waals surface area (Å²) in [5, 5.41) is 1.06. The first kappa shape index (κ1) is 15.3. The van der Waals surface area contributed by atoms with Crippen LogP contribution in [0.2, 0.25) is 0 Å². The Balaban J connectivity index is 2.00. The molecule has 0 radical (unpaired) electrons. The lowest BCUT2D eigenvalue weighted by atomic mass is 10.0. The van der Waals surface area contributed by atoms with Gasteiger partial charge in [0.05, 0.1) is 0 Å². The van der Waals surface area contributed by atoms with Crippen molar-refractivity contribution in [2.45, 2.75) is 46.4 Å². The molecule has 1 aliphatic heterocycles. The van der Waals surface area contributed by atoms with Crippen molar-refractivity contribution in [1.82, 2.24) is 0 Å². The van der Waals surface area contributed by atoms with E-state index in [9.17, 15) is 4.79 Å². The van der Waals surface area contributed by atoms with Gasteiger partial charge in [0.15, 0.2) is 0 Å². The van der Waals surface area contributed by atoms with Crippen LogP contribution in [0.3, 0.4) is 0 Å². The summed E-state index contributed by atoms with van der Waals surface area (Å²) >= 11 is 0. The summed E-state index contributed by atoms with van der Waals surface area (Å²) < 4.78 is 11.3. The van der Waals surface area contributed by atoms with E-state index in [-0.39, 0.29) is 17.8 Å².